The molecular formula is C23H22N4O2. The van der Waals surface area contributed by atoms with E-state index in [0.717, 1.165) is 12.0 Å². The number of aromatic nitrogens is 2. The topological polar surface area (TPSA) is 79.8 Å². The molecule has 0 fully saturated rings. The SMILES string of the molecule is CCc1ccc(/C=C(\C#N)C(=O)Nc2c(C)n(C)n(-c3ccccc3)c2=O)cc1. The van der Waals surface area contributed by atoms with Crippen molar-refractivity contribution in [1.82, 2.24) is 9.36 Å². The Labute approximate surface area is 169 Å². The maximum atomic E-state index is 12.9. The Bertz CT molecular complexity index is 1160. The number of rotatable bonds is 5. The van der Waals surface area contributed by atoms with Crippen molar-refractivity contribution < 1.29 is 4.79 Å². The summed E-state index contributed by atoms with van der Waals surface area (Å²) in [6.45, 7) is 3.80. The summed E-state index contributed by atoms with van der Waals surface area (Å²) in [5.74, 6) is -0.613. The molecule has 0 atom stereocenters. The normalized spacial score (nSPS) is 11.2. The molecular weight excluding hydrogens is 364 g/mol. The predicted molar refractivity (Wildman–Crippen MR) is 114 cm³/mol. The van der Waals surface area contributed by atoms with Crippen LogP contribution < -0.4 is 10.9 Å². The lowest BCUT2D eigenvalue weighted by molar-refractivity contribution is -0.112. The largest absolute Gasteiger partial charge is 0.315 e. The van der Waals surface area contributed by atoms with Gasteiger partial charge in [-0.2, -0.15) is 5.26 Å². The van der Waals surface area contributed by atoms with E-state index in [4.69, 9.17) is 0 Å². The Morgan fingerprint density at radius 3 is 2.38 bits per heavy atom. The number of hydrogen-bond donors (Lipinski definition) is 1. The molecule has 0 spiro atoms. The number of nitrogens with zero attached hydrogens (tertiary/aromatic N) is 3. The first-order chi connectivity index (χ1) is 14.0. The molecule has 1 amide bonds. The van der Waals surface area contributed by atoms with E-state index in [9.17, 15) is 14.9 Å². The van der Waals surface area contributed by atoms with Gasteiger partial charge in [0.15, 0.2) is 0 Å². The first-order valence-electron chi connectivity index (χ1n) is 9.32. The molecule has 1 N–H and O–H groups in total. The van der Waals surface area contributed by atoms with Crippen molar-refractivity contribution in [2.24, 2.45) is 7.05 Å². The van der Waals surface area contributed by atoms with Crippen LogP contribution in [0.1, 0.15) is 23.7 Å². The number of aryl methyl sites for hydroxylation is 1. The Morgan fingerprint density at radius 2 is 1.79 bits per heavy atom. The van der Waals surface area contributed by atoms with Crippen molar-refractivity contribution in [2.75, 3.05) is 5.32 Å². The van der Waals surface area contributed by atoms with Gasteiger partial charge in [0.25, 0.3) is 11.5 Å². The van der Waals surface area contributed by atoms with Gasteiger partial charge < -0.3 is 5.32 Å². The molecule has 0 aliphatic heterocycles. The minimum absolute atomic E-state index is 0.0665. The second kappa shape index (κ2) is 8.44. The third-order valence-electron chi connectivity index (χ3n) is 4.86. The lowest BCUT2D eigenvalue weighted by Crippen LogP contribution is -2.23. The predicted octanol–water partition coefficient (Wildman–Crippen LogP) is 3.59. The van der Waals surface area contributed by atoms with Gasteiger partial charge in [0.1, 0.15) is 17.3 Å². The van der Waals surface area contributed by atoms with E-state index < -0.39 is 5.91 Å². The standard InChI is InChI=1S/C23H22N4O2/c1-4-17-10-12-18(13-11-17)14-19(15-24)22(28)25-21-16(2)26(3)27(23(21)29)20-8-6-5-7-9-20/h5-14H,4H2,1-3H3,(H,25,28)/b19-14+. The molecule has 3 aromatic rings. The average Bonchev–Trinajstić information content (AvgIpc) is 2.96. The maximum absolute atomic E-state index is 12.9. The fourth-order valence-electron chi connectivity index (χ4n) is 3.06. The van der Waals surface area contributed by atoms with Crippen molar-refractivity contribution in [3.8, 4) is 11.8 Å². The van der Waals surface area contributed by atoms with Crippen molar-refractivity contribution in [2.45, 2.75) is 20.3 Å². The van der Waals surface area contributed by atoms with Crippen LogP contribution in [0, 0.1) is 18.3 Å². The zero-order valence-corrected chi connectivity index (χ0v) is 16.6. The van der Waals surface area contributed by atoms with Crippen LogP contribution in [0.5, 0.6) is 0 Å². The van der Waals surface area contributed by atoms with Crippen LogP contribution in [-0.2, 0) is 18.3 Å². The summed E-state index contributed by atoms with van der Waals surface area (Å²) in [7, 11) is 1.75. The number of carbonyl (C=O) groups excluding carboxylic acids is 1. The van der Waals surface area contributed by atoms with E-state index in [1.165, 1.54) is 16.3 Å². The highest BCUT2D eigenvalue weighted by molar-refractivity contribution is 6.09. The van der Waals surface area contributed by atoms with Crippen LogP contribution in [0.15, 0.2) is 65.0 Å². The van der Waals surface area contributed by atoms with E-state index in [-0.39, 0.29) is 16.8 Å². The van der Waals surface area contributed by atoms with Gasteiger partial charge in [-0.1, -0.05) is 49.4 Å². The minimum atomic E-state index is -0.613. The van der Waals surface area contributed by atoms with Gasteiger partial charge in [0, 0.05) is 7.05 Å². The molecule has 6 nitrogen and oxygen atoms in total. The van der Waals surface area contributed by atoms with Crippen molar-refractivity contribution in [3.63, 3.8) is 0 Å². The second-order valence-electron chi connectivity index (χ2n) is 6.66. The molecule has 1 aromatic heterocycles. The van der Waals surface area contributed by atoms with E-state index in [2.05, 4.69) is 12.2 Å². The minimum Gasteiger partial charge on any atom is -0.315 e. The van der Waals surface area contributed by atoms with Gasteiger partial charge in [-0.3, -0.25) is 14.3 Å². The molecule has 1 heterocycles. The molecule has 146 valence electrons. The molecule has 2 aromatic carbocycles. The number of anilines is 1. The smallest absolute Gasteiger partial charge is 0.295 e. The second-order valence-corrected chi connectivity index (χ2v) is 6.66. The van der Waals surface area contributed by atoms with Gasteiger partial charge in [-0.25, -0.2) is 4.68 Å². The molecule has 0 aliphatic rings. The van der Waals surface area contributed by atoms with Crippen molar-refractivity contribution in [1.29, 1.82) is 5.26 Å². The van der Waals surface area contributed by atoms with Crippen LogP contribution in [-0.4, -0.2) is 15.3 Å². The number of nitriles is 1. The lowest BCUT2D eigenvalue weighted by atomic mass is 10.1. The number of benzene rings is 2. The summed E-state index contributed by atoms with van der Waals surface area (Å²) >= 11 is 0. The Morgan fingerprint density at radius 1 is 1.14 bits per heavy atom. The fraction of sp³-hybridized carbons (Fsp3) is 0.174. The molecule has 0 aliphatic carbocycles. The van der Waals surface area contributed by atoms with Gasteiger partial charge in [-0.15, -0.1) is 0 Å². The van der Waals surface area contributed by atoms with Gasteiger partial charge in [0.2, 0.25) is 0 Å². The number of amides is 1. The summed E-state index contributed by atoms with van der Waals surface area (Å²) in [5, 5.41) is 12.1. The first kappa shape index (κ1) is 19.9. The zero-order chi connectivity index (χ0) is 21.0. The molecule has 29 heavy (non-hydrogen) atoms. The fourth-order valence-corrected chi connectivity index (χ4v) is 3.06. The van der Waals surface area contributed by atoms with E-state index >= 15 is 0 Å². The van der Waals surface area contributed by atoms with Gasteiger partial charge in [0.05, 0.1) is 11.4 Å². The van der Waals surface area contributed by atoms with E-state index in [1.54, 1.807) is 18.7 Å². The summed E-state index contributed by atoms with van der Waals surface area (Å²) < 4.78 is 3.15. The summed E-state index contributed by atoms with van der Waals surface area (Å²) in [5.41, 5.74) is 2.94. The summed E-state index contributed by atoms with van der Waals surface area (Å²) in [6, 6.07) is 18.7. The Balaban J connectivity index is 1.93. The number of para-hydroxylation sites is 1. The van der Waals surface area contributed by atoms with E-state index in [1.807, 2.05) is 60.7 Å². The number of carbonyl (C=O) groups is 1. The third-order valence-corrected chi connectivity index (χ3v) is 4.86. The monoisotopic (exact) mass is 386 g/mol. The summed E-state index contributed by atoms with van der Waals surface area (Å²) in [6.07, 6.45) is 2.43. The molecule has 0 saturated carbocycles. The lowest BCUT2D eigenvalue weighted by Gasteiger charge is -2.07. The Kier molecular flexibility index (Phi) is 5.79. The van der Waals surface area contributed by atoms with Crippen LogP contribution in [0.2, 0.25) is 0 Å². The third kappa shape index (κ3) is 4.04. The molecule has 3 rings (SSSR count). The average molecular weight is 386 g/mol. The molecule has 0 saturated heterocycles. The van der Waals surface area contributed by atoms with Crippen LogP contribution in [0.25, 0.3) is 11.8 Å². The van der Waals surface area contributed by atoms with Crippen molar-refractivity contribution in [3.05, 3.63) is 87.3 Å². The van der Waals surface area contributed by atoms with Gasteiger partial charge >= 0.3 is 0 Å². The van der Waals surface area contributed by atoms with E-state index in [0.29, 0.717) is 11.4 Å². The highest BCUT2D eigenvalue weighted by atomic mass is 16.2. The number of nitrogens with one attached hydrogen (secondary N) is 1. The Hall–Kier alpha value is -3.85. The van der Waals surface area contributed by atoms with Crippen LogP contribution in [0.4, 0.5) is 5.69 Å². The molecule has 0 unspecified atom stereocenters. The maximum Gasteiger partial charge on any atom is 0.295 e. The molecule has 0 bridgehead atoms. The summed E-state index contributed by atoms with van der Waals surface area (Å²) in [4.78, 5) is 25.6. The molecule has 6 heteroatoms. The van der Waals surface area contributed by atoms with Crippen LogP contribution in [0.3, 0.4) is 0 Å². The number of hydrogen-bond acceptors (Lipinski definition) is 3. The quantitative estimate of drug-likeness (QED) is 0.537. The first-order valence-corrected chi connectivity index (χ1v) is 9.32. The van der Waals surface area contributed by atoms with Crippen molar-refractivity contribution >= 4 is 17.7 Å². The molecule has 0 radical (unpaired) electrons. The zero-order valence-electron chi connectivity index (χ0n) is 16.6. The van der Waals surface area contributed by atoms with Crippen LogP contribution >= 0.6 is 0 Å². The van der Waals surface area contributed by atoms with Gasteiger partial charge in [-0.05, 0) is 42.7 Å². The highest BCUT2D eigenvalue weighted by Crippen LogP contribution is 2.16. The highest BCUT2D eigenvalue weighted by Gasteiger charge is 2.19.